The van der Waals surface area contributed by atoms with Crippen LogP contribution in [0, 0.1) is 0 Å². The summed E-state index contributed by atoms with van der Waals surface area (Å²) in [6, 6.07) is 0.722. The van der Waals surface area contributed by atoms with Crippen molar-refractivity contribution in [2.75, 3.05) is 12.3 Å². The molecule has 2 N–H and O–H groups in total. The van der Waals surface area contributed by atoms with E-state index in [0.717, 1.165) is 23.3 Å². The second-order valence-electron chi connectivity index (χ2n) is 4.49. The molecule has 2 heterocycles. The molecule has 5 heteroatoms. The Hall–Kier alpha value is -0.680. The lowest BCUT2D eigenvalue weighted by Gasteiger charge is -2.35. The molecule has 4 nitrogen and oxygen atoms in total. The molecule has 2 rings (SSSR count). The summed E-state index contributed by atoms with van der Waals surface area (Å²) >= 11 is 1.30. The van der Waals surface area contributed by atoms with Crippen LogP contribution in [0.2, 0.25) is 0 Å². The molecule has 1 atom stereocenters. The molecule has 16 heavy (non-hydrogen) atoms. The van der Waals surface area contributed by atoms with Crippen LogP contribution in [0.4, 0.5) is 5.00 Å². The molecule has 0 bridgehead atoms. The van der Waals surface area contributed by atoms with Gasteiger partial charge in [0.15, 0.2) is 0 Å². The van der Waals surface area contributed by atoms with Gasteiger partial charge in [-0.05, 0) is 25.8 Å². The molecule has 0 amide bonds. The lowest BCUT2D eigenvalue weighted by molar-refractivity contribution is 0.130. The average molecular weight is 240 g/mol. The summed E-state index contributed by atoms with van der Waals surface area (Å²) in [6.07, 6.45) is 6.54. The molecule has 1 aromatic rings. The van der Waals surface area contributed by atoms with Crippen LogP contribution in [-0.4, -0.2) is 27.1 Å². The third-order valence-electron chi connectivity index (χ3n) is 3.31. The molecule has 0 aromatic carbocycles. The fraction of sp³-hybridized carbons (Fsp3) is 0.818. The van der Waals surface area contributed by atoms with Gasteiger partial charge >= 0.3 is 0 Å². The van der Waals surface area contributed by atoms with Crippen molar-refractivity contribution in [1.82, 2.24) is 14.5 Å². The number of rotatable bonds is 4. The Kier molecular flexibility index (Phi) is 4.12. The highest BCUT2D eigenvalue weighted by molar-refractivity contribution is 7.09. The summed E-state index contributed by atoms with van der Waals surface area (Å²) in [4.78, 5) is 2.53. The molecule has 0 radical (unpaired) electrons. The van der Waals surface area contributed by atoms with Crippen LogP contribution in [0.1, 0.15) is 44.7 Å². The van der Waals surface area contributed by atoms with Crippen molar-refractivity contribution in [2.45, 2.75) is 51.6 Å². The molecule has 1 aliphatic rings. The third-order valence-corrected chi connectivity index (χ3v) is 3.90. The van der Waals surface area contributed by atoms with Crippen molar-refractivity contribution >= 4 is 16.5 Å². The number of piperidine rings is 1. The molecular formula is C11H20N4S. The summed E-state index contributed by atoms with van der Waals surface area (Å²) in [5.74, 6) is 0. The fourth-order valence-corrected chi connectivity index (χ4v) is 2.88. The smallest absolute Gasteiger partial charge is 0.132 e. The number of nitrogens with zero attached hydrogens (tertiary/aromatic N) is 3. The van der Waals surface area contributed by atoms with Gasteiger partial charge in [-0.25, -0.2) is 0 Å². The molecule has 1 fully saturated rings. The van der Waals surface area contributed by atoms with E-state index in [1.807, 2.05) is 0 Å². The summed E-state index contributed by atoms with van der Waals surface area (Å²) < 4.78 is 3.90. The van der Waals surface area contributed by atoms with E-state index >= 15 is 0 Å². The Morgan fingerprint density at radius 3 is 3.06 bits per heavy atom. The minimum absolute atomic E-state index is 0.722. The maximum Gasteiger partial charge on any atom is 0.132 e. The maximum atomic E-state index is 5.84. The summed E-state index contributed by atoms with van der Waals surface area (Å²) in [6.45, 7) is 4.32. The number of likely N-dealkylation sites (tertiary alicyclic amines) is 1. The monoisotopic (exact) mass is 240 g/mol. The van der Waals surface area contributed by atoms with E-state index in [9.17, 15) is 0 Å². The highest BCUT2D eigenvalue weighted by Gasteiger charge is 2.23. The topological polar surface area (TPSA) is 55.0 Å². The van der Waals surface area contributed by atoms with E-state index in [0.29, 0.717) is 0 Å². The molecule has 1 aliphatic heterocycles. The highest BCUT2D eigenvalue weighted by Crippen LogP contribution is 2.24. The molecule has 1 saturated heterocycles. The first kappa shape index (κ1) is 11.8. The van der Waals surface area contributed by atoms with Gasteiger partial charge in [-0.3, -0.25) is 4.90 Å². The van der Waals surface area contributed by atoms with Crippen molar-refractivity contribution in [3.63, 3.8) is 0 Å². The van der Waals surface area contributed by atoms with E-state index in [4.69, 9.17) is 5.73 Å². The molecule has 0 spiro atoms. The summed E-state index contributed by atoms with van der Waals surface area (Å²) in [7, 11) is 0. The number of anilines is 1. The van der Waals surface area contributed by atoms with E-state index in [-0.39, 0.29) is 0 Å². The van der Waals surface area contributed by atoms with Crippen LogP contribution in [0.25, 0.3) is 0 Å². The van der Waals surface area contributed by atoms with Gasteiger partial charge in [0.05, 0.1) is 0 Å². The van der Waals surface area contributed by atoms with Crippen LogP contribution in [0.5, 0.6) is 0 Å². The number of aromatic nitrogens is 2. The van der Waals surface area contributed by atoms with Crippen LogP contribution >= 0.6 is 11.5 Å². The van der Waals surface area contributed by atoms with Crippen LogP contribution in [0.15, 0.2) is 0 Å². The Morgan fingerprint density at radius 2 is 2.38 bits per heavy atom. The maximum absolute atomic E-state index is 5.84. The molecule has 0 saturated carbocycles. The quantitative estimate of drug-likeness (QED) is 0.877. The molecule has 1 aromatic heterocycles. The largest absolute Gasteiger partial charge is 0.388 e. The van der Waals surface area contributed by atoms with Gasteiger partial charge in [-0.15, -0.1) is 5.10 Å². The Balaban J connectivity index is 1.98. The normalized spacial score (nSPS) is 22.4. The molecule has 90 valence electrons. The van der Waals surface area contributed by atoms with E-state index in [1.165, 1.54) is 50.2 Å². The Morgan fingerprint density at radius 1 is 1.50 bits per heavy atom. The minimum Gasteiger partial charge on any atom is -0.388 e. The van der Waals surface area contributed by atoms with Crippen molar-refractivity contribution in [2.24, 2.45) is 0 Å². The molecule has 1 unspecified atom stereocenters. The first-order valence-electron chi connectivity index (χ1n) is 6.12. The highest BCUT2D eigenvalue weighted by atomic mass is 32.1. The first-order valence-corrected chi connectivity index (χ1v) is 6.89. The number of nitrogens with two attached hydrogens (primary N) is 1. The number of hydrogen-bond donors (Lipinski definition) is 1. The van der Waals surface area contributed by atoms with Gasteiger partial charge in [0.1, 0.15) is 10.7 Å². The SMILES string of the molecule is CCCC1CCCCN1Cc1nnsc1N. The van der Waals surface area contributed by atoms with Crippen LogP contribution < -0.4 is 5.73 Å². The van der Waals surface area contributed by atoms with Gasteiger partial charge in [-0.2, -0.15) is 0 Å². The zero-order valence-electron chi connectivity index (χ0n) is 9.85. The predicted octanol–water partition coefficient (Wildman–Crippen LogP) is 2.27. The standard InChI is InChI=1S/C11H20N4S/c1-2-5-9-6-3-4-7-15(9)8-10-11(12)16-14-13-10/h9H,2-8,12H2,1H3. The van der Waals surface area contributed by atoms with E-state index in [1.54, 1.807) is 0 Å². The van der Waals surface area contributed by atoms with Crippen molar-refractivity contribution in [1.29, 1.82) is 0 Å². The van der Waals surface area contributed by atoms with Crippen LogP contribution in [0.3, 0.4) is 0 Å². The second kappa shape index (κ2) is 5.59. The van der Waals surface area contributed by atoms with Gasteiger partial charge in [0.2, 0.25) is 0 Å². The first-order chi connectivity index (χ1) is 7.81. The lowest BCUT2D eigenvalue weighted by atomic mass is 9.98. The fourth-order valence-electron chi connectivity index (χ4n) is 2.45. The van der Waals surface area contributed by atoms with Crippen LogP contribution in [-0.2, 0) is 6.54 Å². The van der Waals surface area contributed by atoms with Gasteiger partial charge in [0.25, 0.3) is 0 Å². The second-order valence-corrected chi connectivity index (χ2v) is 5.28. The van der Waals surface area contributed by atoms with Crippen molar-refractivity contribution in [3.8, 4) is 0 Å². The zero-order valence-corrected chi connectivity index (χ0v) is 10.7. The Labute approximate surface area is 101 Å². The van der Waals surface area contributed by atoms with Crippen molar-refractivity contribution in [3.05, 3.63) is 5.69 Å². The minimum atomic E-state index is 0.722. The van der Waals surface area contributed by atoms with Gasteiger partial charge in [0, 0.05) is 24.1 Å². The predicted molar refractivity (Wildman–Crippen MR) is 67.3 cm³/mol. The summed E-state index contributed by atoms with van der Waals surface area (Å²) in [5.41, 5.74) is 6.81. The van der Waals surface area contributed by atoms with E-state index < -0.39 is 0 Å². The number of nitrogen functional groups attached to an aromatic ring is 1. The average Bonchev–Trinajstić information content (AvgIpc) is 2.68. The molecular weight excluding hydrogens is 220 g/mol. The summed E-state index contributed by atoms with van der Waals surface area (Å²) in [5, 5.41) is 4.88. The number of hydrogen-bond acceptors (Lipinski definition) is 5. The third kappa shape index (κ3) is 2.71. The Bertz CT molecular complexity index is 324. The lowest BCUT2D eigenvalue weighted by Crippen LogP contribution is -2.39. The van der Waals surface area contributed by atoms with Gasteiger partial charge < -0.3 is 5.73 Å². The molecule has 0 aliphatic carbocycles. The van der Waals surface area contributed by atoms with Gasteiger partial charge in [-0.1, -0.05) is 24.3 Å². The zero-order chi connectivity index (χ0) is 11.4. The van der Waals surface area contributed by atoms with E-state index in [2.05, 4.69) is 21.4 Å². The van der Waals surface area contributed by atoms with Crippen molar-refractivity contribution < 1.29 is 0 Å².